The third-order valence-electron chi connectivity index (χ3n) is 5.51. The summed E-state index contributed by atoms with van der Waals surface area (Å²) in [6, 6.07) is 0.962. The Labute approximate surface area is 101 Å². The third kappa shape index (κ3) is 2.03. The van der Waals surface area contributed by atoms with Gasteiger partial charge in [-0.05, 0) is 62.9 Å². The van der Waals surface area contributed by atoms with Crippen LogP contribution in [0.25, 0.3) is 0 Å². The summed E-state index contributed by atoms with van der Waals surface area (Å²) in [5.41, 5.74) is 0.810. The van der Waals surface area contributed by atoms with Gasteiger partial charge in [0.25, 0.3) is 0 Å². The van der Waals surface area contributed by atoms with Crippen molar-refractivity contribution in [2.24, 2.45) is 11.3 Å². The first-order chi connectivity index (χ1) is 7.77. The molecule has 3 aliphatic rings. The molecule has 0 aromatic heterocycles. The summed E-state index contributed by atoms with van der Waals surface area (Å²) >= 11 is 0. The Morgan fingerprint density at radius 3 is 2.12 bits per heavy atom. The van der Waals surface area contributed by atoms with Gasteiger partial charge in [-0.1, -0.05) is 26.2 Å². The summed E-state index contributed by atoms with van der Waals surface area (Å²) in [7, 11) is 0. The van der Waals surface area contributed by atoms with Crippen molar-refractivity contribution in [1.29, 1.82) is 0 Å². The Morgan fingerprint density at radius 1 is 0.938 bits per heavy atom. The van der Waals surface area contributed by atoms with E-state index in [4.69, 9.17) is 0 Å². The van der Waals surface area contributed by atoms with Crippen molar-refractivity contribution in [3.8, 4) is 0 Å². The fourth-order valence-electron chi connectivity index (χ4n) is 4.64. The molecule has 1 heteroatoms. The van der Waals surface area contributed by atoms with E-state index in [-0.39, 0.29) is 0 Å². The van der Waals surface area contributed by atoms with E-state index in [2.05, 4.69) is 11.8 Å². The first-order valence-corrected chi connectivity index (χ1v) is 7.52. The number of hydrogen-bond acceptors (Lipinski definition) is 1. The van der Waals surface area contributed by atoms with E-state index in [1.165, 1.54) is 70.9 Å². The van der Waals surface area contributed by atoms with Crippen molar-refractivity contribution in [2.75, 3.05) is 13.1 Å². The van der Waals surface area contributed by atoms with Gasteiger partial charge < -0.3 is 4.90 Å². The molecule has 0 atom stereocenters. The molecule has 0 unspecified atom stereocenters. The van der Waals surface area contributed by atoms with Crippen LogP contribution in [0.5, 0.6) is 0 Å². The van der Waals surface area contributed by atoms with Gasteiger partial charge in [-0.3, -0.25) is 0 Å². The number of nitrogens with zero attached hydrogens (tertiary/aromatic N) is 1. The van der Waals surface area contributed by atoms with Crippen LogP contribution < -0.4 is 0 Å². The fraction of sp³-hybridized carbons (Fsp3) is 1.00. The van der Waals surface area contributed by atoms with Gasteiger partial charge in [-0.15, -0.1) is 0 Å². The Balaban J connectivity index is 1.50. The van der Waals surface area contributed by atoms with Gasteiger partial charge >= 0.3 is 0 Å². The topological polar surface area (TPSA) is 3.24 Å². The molecule has 16 heavy (non-hydrogen) atoms. The summed E-state index contributed by atoms with van der Waals surface area (Å²) in [5, 5.41) is 0. The smallest absolute Gasteiger partial charge is 0.00952 e. The largest absolute Gasteiger partial charge is 0.300 e. The average Bonchev–Trinajstić information content (AvgIpc) is 2.29. The van der Waals surface area contributed by atoms with E-state index >= 15 is 0 Å². The van der Waals surface area contributed by atoms with E-state index in [0.717, 1.165) is 17.4 Å². The quantitative estimate of drug-likeness (QED) is 0.650. The highest BCUT2D eigenvalue weighted by atomic mass is 15.2. The molecule has 0 aromatic carbocycles. The first-order valence-electron chi connectivity index (χ1n) is 7.52. The predicted octanol–water partition coefficient (Wildman–Crippen LogP) is 3.83. The number of rotatable bonds is 1. The van der Waals surface area contributed by atoms with Crippen molar-refractivity contribution in [3.05, 3.63) is 0 Å². The molecule has 1 nitrogen and oxygen atoms in total. The zero-order chi connectivity index (χ0) is 11.0. The van der Waals surface area contributed by atoms with Crippen LogP contribution in [0.2, 0.25) is 0 Å². The maximum absolute atomic E-state index is 2.83. The van der Waals surface area contributed by atoms with Crippen molar-refractivity contribution in [1.82, 2.24) is 4.90 Å². The van der Waals surface area contributed by atoms with Crippen molar-refractivity contribution in [2.45, 2.75) is 70.8 Å². The zero-order valence-electron chi connectivity index (χ0n) is 10.9. The van der Waals surface area contributed by atoms with Crippen LogP contribution in [0.1, 0.15) is 64.7 Å². The molecule has 1 aliphatic heterocycles. The summed E-state index contributed by atoms with van der Waals surface area (Å²) in [4.78, 5) is 2.83. The Morgan fingerprint density at radius 2 is 1.56 bits per heavy atom. The summed E-state index contributed by atoms with van der Waals surface area (Å²) in [6.07, 6.45) is 13.5. The van der Waals surface area contributed by atoms with Crippen LogP contribution >= 0.6 is 0 Å². The normalized spacial score (nSPS) is 32.8. The van der Waals surface area contributed by atoms with Crippen molar-refractivity contribution in [3.63, 3.8) is 0 Å². The van der Waals surface area contributed by atoms with Crippen LogP contribution in [0, 0.1) is 11.3 Å². The molecule has 2 saturated carbocycles. The maximum atomic E-state index is 2.83. The molecule has 0 amide bonds. The molecule has 92 valence electrons. The minimum absolute atomic E-state index is 0.810. The highest BCUT2D eigenvalue weighted by molar-refractivity contribution is 4.96. The lowest BCUT2D eigenvalue weighted by Crippen LogP contribution is -2.49. The van der Waals surface area contributed by atoms with Crippen molar-refractivity contribution >= 4 is 0 Å². The Bertz CT molecular complexity index is 226. The molecule has 1 heterocycles. The summed E-state index contributed by atoms with van der Waals surface area (Å²) in [5.74, 6) is 1.03. The molecule has 0 aromatic rings. The SMILES string of the molecule is CC1CC2(CCN(C3CCCCC3)CC2)C1. The van der Waals surface area contributed by atoms with Crippen LogP contribution in [0.15, 0.2) is 0 Å². The fourth-order valence-corrected chi connectivity index (χ4v) is 4.64. The van der Waals surface area contributed by atoms with Crippen LogP contribution in [0.4, 0.5) is 0 Å². The zero-order valence-corrected chi connectivity index (χ0v) is 10.9. The van der Waals surface area contributed by atoms with E-state index in [1.54, 1.807) is 0 Å². The monoisotopic (exact) mass is 221 g/mol. The number of likely N-dealkylation sites (tertiary alicyclic amines) is 1. The van der Waals surface area contributed by atoms with E-state index < -0.39 is 0 Å². The second kappa shape index (κ2) is 4.33. The second-order valence-electron chi connectivity index (χ2n) is 6.84. The lowest BCUT2D eigenvalue weighted by atomic mass is 9.58. The maximum Gasteiger partial charge on any atom is 0.00952 e. The first kappa shape index (κ1) is 11.1. The van der Waals surface area contributed by atoms with Gasteiger partial charge in [0.05, 0.1) is 0 Å². The van der Waals surface area contributed by atoms with E-state index in [0.29, 0.717) is 0 Å². The van der Waals surface area contributed by atoms with Gasteiger partial charge in [-0.25, -0.2) is 0 Å². The van der Waals surface area contributed by atoms with Crippen LogP contribution in [0.3, 0.4) is 0 Å². The standard InChI is InChI=1S/C15H27N/c1-13-11-15(12-13)7-9-16(10-8-15)14-5-3-2-4-6-14/h13-14H,2-12H2,1H3. The van der Waals surface area contributed by atoms with Gasteiger partial charge in [0.1, 0.15) is 0 Å². The molecule has 0 radical (unpaired) electrons. The average molecular weight is 221 g/mol. The molecular weight excluding hydrogens is 194 g/mol. The molecule has 3 rings (SSSR count). The predicted molar refractivity (Wildman–Crippen MR) is 68.5 cm³/mol. The molecule has 1 saturated heterocycles. The Kier molecular flexibility index (Phi) is 2.99. The Hall–Kier alpha value is -0.0400. The number of piperidine rings is 1. The second-order valence-corrected chi connectivity index (χ2v) is 6.84. The highest BCUT2D eigenvalue weighted by Crippen LogP contribution is 2.52. The molecular formula is C15H27N. The van der Waals surface area contributed by atoms with E-state index in [1.807, 2.05) is 0 Å². The lowest BCUT2D eigenvalue weighted by Gasteiger charge is -2.53. The van der Waals surface area contributed by atoms with Crippen LogP contribution in [-0.4, -0.2) is 24.0 Å². The summed E-state index contributed by atoms with van der Waals surface area (Å²) in [6.45, 7) is 5.26. The number of hydrogen-bond donors (Lipinski definition) is 0. The molecule has 0 N–H and O–H groups in total. The molecule has 3 fully saturated rings. The molecule has 1 spiro atoms. The van der Waals surface area contributed by atoms with Crippen molar-refractivity contribution < 1.29 is 0 Å². The van der Waals surface area contributed by atoms with Gasteiger partial charge in [0.2, 0.25) is 0 Å². The van der Waals surface area contributed by atoms with Gasteiger partial charge in [0, 0.05) is 6.04 Å². The summed E-state index contributed by atoms with van der Waals surface area (Å²) < 4.78 is 0. The van der Waals surface area contributed by atoms with E-state index in [9.17, 15) is 0 Å². The molecule has 0 bridgehead atoms. The minimum Gasteiger partial charge on any atom is -0.300 e. The highest BCUT2D eigenvalue weighted by Gasteiger charge is 2.44. The minimum atomic E-state index is 0.810. The lowest BCUT2D eigenvalue weighted by molar-refractivity contribution is -0.0222. The van der Waals surface area contributed by atoms with Gasteiger partial charge in [0.15, 0.2) is 0 Å². The third-order valence-corrected chi connectivity index (χ3v) is 5.51. The molecule has 2 aliphatic carbocycles. The van der Waals surface area contributed by atoms with Gasteiger partial charge in [-0.2, -0.15) is 0 Å². The van der Waals surface area contributed by atoms with Crippen LogP contribution in [-0.2, 0) is 0 Å².